The number of rotatable bonds is 9. The largest absolute Gasteiger partial charge is 1.00 e. The number of halogens is 2. The van der Waals surface area contributed by atoms with Gasteiger partial charge in [0.25, 0.3) is 0 Å². The summed E-state index contributed by atoms with van der Waals surface area (Å²) in [6.45, 7) is 28.5. The molecule has 2 aliphatic rings. The molecule has 0 aromatic heterocycles. The van der Waals surface area contributed by atoms with Crippen molar-refractivity contribution in [3.63, 3.8) is 0 Å². The van der Waals surface area contributed by atoms with Crippen LogP contribution in [0.25, 0.3) is 11.1 Å². The summed E-state index contributed by atoms with van der Waals surface area (Å²) in [5, 5.41) is 3.74. The summed E-state index contributed by atoms with van der Waals surface area (Å²) < 4.78 is 4.04. The van der Waals surface area contributed by atoms with Crippen molar-refractivity contribution < 1.29 is 46.1 Å². The first kappa shape index (κ1) is 41.1. The Labute approximate surface area is 326 Å². The van der Waals surface area contributed by atoms with E-state index >= 15 is 0 Å². The van der Waals surface area contributed by atoms with Crippen molar-refractivity contribution in [2.75, 3.05) is 0 Å². The third-order valence-corrected chi connectivity index (χ3v) is 26.7. The average Bonchev–Trinajstić information content (AvgIpc) is 3.62. The van der Waals surface area contributed by atoms with Crippen molar-refractivity contribution >= 4 is 27.4 Å². The number of allylic oxidation sites excluding steroid dienone is 4. The topological polar surface area (TPSA) is 0 Å². The van der Waals surface area contributed by atoms with E-state index in [9.17, 15) is 0 Å². The average molecular weight is 831 g/mol. The fourth-order valence-corrected chi connectivity index (χ4v) is 32.9. The molecule has 0 fully saturated rings. The van der Waals surface area contributed by atoms with Crippen LogP contribution in [0.1, 0.15) is 50.9 Å². The minimum Gasteiger partial charge on any atom is -1.00 e. The number of benzene rings is 4. The zero-order chi connectivity index (χ0) is 34.6. The van der Waals surface area contributed by atoms with E-state index in [1.807, 2.05) is 13.7 Å². The van der Waals surface area contributed by atoms with Crippen LogP contribution in [0.15, 0.2) is 117 Å². The molecule has 0 bridgehead atoms. The normalized spacial score (nSPS) is 15.7. The third kappa shape index (κ3) is 7.83. The van der Waals surface area contributed by atoms with Crippen molar-refractivity contribution in [3.05, 3.63) is 150 Å². The summed E-state index contributed by atoms with van der Waals surface area (Å²) in [4.78, 5) is 0. The predicted molar refractivity (Wildman–Crippen MR) is 217 cm³/mol. The smallest absolute Gasteiger partial charge is 1.00 e. The van der Waals surface area contributed by atoms with Crippen LogP contribution in [0.2, 0.25) is 64.5 Å². The minimum absolute atomic E-state index is 0. The van der Waals surface area contributed by atoms with E-state index in [4.69, 9.17) is 0 Å². The van der Waals surface area contributed by atoms with Gasteiger partial charge in [-0.3, -0.25) is 0 Å². The quantitative estimate of drug-likeness (QED) is 0.171. The molecule has 0 saturated carbocycles. The molecule has 0 heterocycles. The molecule has 1 unspecified atom stereocenters. The minimum atomic E-state index is -2.93. The van der Waals surface area contributed by atoms with Gasteiger partial charge in [-0.05, 0) is 0 Å². The Bertz CT molecular complexity index is 1840. The van der Waals surface area contributed by atoms with Crippen LogP contribution < -0.4 is 24.8 Å². The zero-order valence-electron chi connectivity index (χ0n) is 32.1. The van der Waals surface area contributed by atoms with Gasteiger partial charge in [0.1, 0.15) is 0 Å². The molecule has 50 heavy (non-hydrogen) atoms. The maximum atomic E-state index is 2.91. The van der Waals surface area contributed by atoms with Crippen LogP contribution in [0.3, 0.4) is 0 Å². The molecule has 0 nitrogen and oxygen atoms in total. The number of aryl methyl sites for hydroxylation is 2. The van der Waals surface area contributed by atoms with E-state index in [2.05, 4.69) is 176 Å². The van der Waals surface area contributed by atoms with E-state index in [1.54, 1.807) is 14.3 Å². The first-order valence-corrected chi connectivity index (χ1v) is 32.7. The van der Waals surface area contributed by atoms with Gasteiger partial charge in [0, 0.05) is 0 Å². The molecule has 6 heteroatoms. The third-order valence-electron chi connectivity index (χ3n) is 10.6. The van der Waals surface area contributed by atoms with Crippen LogP contribution >= 0.6 is 0 Å². The van der Waals surface area contributed by atoms with Crippen molar-refractivity contribution in [2.24, 2.45) is 0 Å². The second-order valence-corrected chi connectivity index (χ2v) is 38.7. The van der Waals surface area contributed by atoms with Crippen molar-refractivity contribution in [1.29, 1.82) is 0 Å². The number of fused-ring (bicyclic) bond motifs is 3. The fourth-order valence-electron chi connectivity index (χ4n) is 8.47. The van der Waals surface area contributed by atoms with Gasteiger partial charge in [-0.25, -0.2) is 0 Å². The Hall–Kier alpha value is -1.66. The van der Waals surface area contributed by atoms with Gasteiger partial charge >= 0.3 is 305 Å². The van der Waals surface area contributed by atoms with E-state index < -0.39 is 45.5 Å². The van der Waals surface area contributed by atoms with Gasteiger partial charge in [0.05, 0.1) is 0 Å². The molecular weight excluding hydrogens is 775 g/mol. The van der Waals surface area contributed by atoms with E-state index in [1.165, 1.54) is 33.4 Å². The van der Waals surface area contributed by atoms with Crippen LogP contribution in [-0.4, -0.2) is 27.4 Å². The van der Waals surface area contributed by atoms with Crippen molar-refractivity contribution in [1.82, 2.24) is 0 Å². The van der Waals surface area contributed by atoms with Crippen LogP contribution in [0.4, 0.5) is 0 Å². The van der Waals surface area contributed by atoms with Gasteiger partial charge < -0.3 is 24.8 Å². The van der Waals surface area contributed by atoms with E-state index in [0.717, 1.165) is 12.8 Å². The molecule has 1 atom stereocenters. The molecule has 2 aliphatic carbocycles. The van der Waals surface area contributed by atoms with Gasteiger partial charge in [0.2, 0.25) is 0 Å². The van der Waals surface area contributed by atoms with E-state index in [-0.39, 0.29) is 24.8 Å². The maximum Gasteiger partial charge on any atom is -1.00 e. The summed E-state index contributed by atoms with van der Waals surface area (Å²) in [5.74, 6) is 0. The molecule has 0 spiro atoms. The second-order valence-electron chi connectivity index (χ2n) is 17.2. The summed E-state index contributed by atoms with van der Waals surface area (Å²) in [5.41, 5.74) is 12.6. The Kier molecular flexibility index (Phi) is 12.9. The molecular formula is C44H56Cl2Si3Zr. The van der Waals surface area contributed by atoms with Crippen LogP contribution in [0.5, 0.6) is 0 Å². The van der Waals surface area contributed by atoms with Gasteiger partial charge in [-0.2, -0.15) is 0 Å². The maximum absolute atomic E-state index is 2.93. The van der Waals surface area contributed by atoms with E-state index in [0.29, 0.717) is 9.17 Å². The molecule has 0 aliphatic heterocycles. The van der Waals surface area contributed by atoms with Gasteiger partial charge in [-0.1, -0.05) is 0 Å². The molecule has 4 aromatic rings. The van der Waals surface area contributed by atoms with Gasteiger partial charge in [0.15, 0.2) is 0 Å². The Morgan fingerprint density at radius 3 is 1.38 bits per heavy atom. The molecule has 6 rings (SSSR count). The Morgan fingerprint density at radius 2 is 1.02 bits per heavy atom. The first-order valence-electron chi connectivity index (χ1n) is 18.2. The molecule has 0 amide bonds. The predicted octanol–water partition coefficient (Wildman–Crippen LogP) is 6.43. The molecule has 4 aromatic carbocycles. The summed E-state index contributed by atoms with van der Waals surface area (Å²) >= 11 is -2.93. The Morgan fingerprint density at radius 1 is 0.580 bits per heavy atom. The molecule has 0 saturated heterocycles. The number of hydrogen-bond donors (Lipinski definition) is 0. The van der Waals surface area contributed by atoms with Gasteiger partial charge in [-0.15, -0.1) is 0 Å². The molecule has 0 radical (unpaired) electrons. The van der Waals surface area contributed by atoms with Crippen molar-refractivity contribution in [2.45, 2.75) is 94.8 Å². The SMILES string of the molecule is CCc1ccc2c(c1)[CH]([Zr+2]([C]1=CC([Si](C)(C)C)=C([Si](C)(C)C)C1[Si](C)(C)C)=[C](c1ccccc1)c1ccccc1)c1cc(CC)ccc1-2.[Cl-].[Cl-]. The first-order chi connectivity index (χ1) is 22.6. The second kappa shape index (κ2) is 15.8. The zero-order valence-corrected chi connectivity index (χ0v) is 39.1. The number of hydrogen-bond acceptors (Lipinski definition) is 0. The molecule has 0 N–H and O–H groups in total. The van der Waals surface area contributed by atoms with Crippen LogP contribution in [-0.2, 0) is 34.1 Å². The standard InChI is InChI=1S/C17H17.C14H29Si3.C13H10.2ClH.Zr/c1-3-12-5-7-16-14(9-12)11-15-10-13(4-2)6-8-17(15)16;1-15(2,3)12-10-11-13(16(4,5)6)14(12)17(7,8)9;1-3-7-12(8-4-1)11-13-9-5-2-6-10-13;;;/h5-11H,3-4H2,1-2H3;10,13H,1-9H3;1-10H;2*1H;/q;;;;;+2/p-2. The monoisotopic (exact) mass is 828 g/mol. The van der Waals surface area contributed by atoms with Crippen LogP contribution in [0, 0.1) is 0 Å². The fraction of sp³-hybridized carbons (Fsp3) is 0.341. The summed E-state index contributed by atoms with van der Waals surface area (Å²) in [6, 6.07) is 38.2. The molecule has 262 valence electrons. The van der Waals surface area contributed by atoms with Crippen molar-refractivity contribution in [3.8, 4) is 11.1 Å². The summed E-state index contributed by atoms with van der Waals surface area (Å²) in [6.07, 6.45) is 5.06. The summed E-state index contributed by atoms with van der Waals surface area (Å²) in [7, 11) is -4.97. The Balaban J connectivity index is 0.00000281.